The molecule has 1 aliphatic rings. The molecule has 0 spiro atoms. The average Bonchev–Trinajstić information content (AvgIpc) is 2.93. The molecule has 6 nitrogen and oxygen atoms in total. The Bertz CT molecular complexity index is 1260. The highest BCUT2D eigenvalue weighted by Gasteiger charge is 2.19. The number of nitrogens with zero attached hydrogens (tertiary/aromatic N) is 4. The van der Waals surface area contributed by atoms with Gasteiger partial charge in [0.15, 0.2) is 0 Å². The van der Waals surface area contributed by atoms with Crippen LogP contribution >= 0.6 is 0 Å². The predicted octanol–water partition coefficient (Wildman–Crippen LogP) is 5.21. The van der Waals surface area contributed by atoms with Crippen LogP contribution in [0.5, 0.6) is 11.6 Å². The number of methoxy groups -OCH3 is 1. The molecule has 0 bridgehead atoms. The topological polar surface area (TPSA) is 50.7 Å². The molecule has 1 aliphatic heterocycles. The molecule has 36 heavy (non-hydrogen) atoms. The molecule has 4 aromatic rings. The minimum Gasteiger partial charge on any atom is -0.495 e. The van der Waals surface area contributed by atoms with Crippen LogP contribution < -0.4 is 14.4 Å². The van der Waals surface area contributed by atoms with Gasteiger partial charge in [0.25, 0.3) is 0 Å². The summed E-state index contributed by atoms with van der Waals surface area (Å²) >= 11 is 0. The number of rotatable bonds is 10. The molecule has 2 heterocycles. The molecule has 5 rings (SSSR count). The number of hydrogen-bond acceptors (Lipinski definition) is 6. The lowest BCUT2D eigenvalue weighted by atomic mass is 10.1. The first-order chi connectivity index (χ1) is 17.8. The number of piperazine rings is 1. The van der Waals surface area contributed by atoms with Gasteiger partial charge in [-0.05, 0) is 49.2 Å². The number of benzene rings is 3. The van der Waals surface area contributed by atoms with Crippen LogP contribution in [0.1, 0.15) is 24.2 Å². The summed E-state index contributed by atoms with van der Waals surface area (Å²) in [6, 6.07) is 26.7. The Morgan fingerprint density at radius 1 is 0.778 bits per heavy atom. The Morgan fingerprint density at radius 2 is 1.53 bits per heavy atom. The van der Waals surface area contributed by atoms with E-state index in [9.17, 15) is 0 Å². The molecule has 1 saturated heterocycles. The highest BCUT2D eigenvalue weighted by atomic mass is 16.5. The van der Waals surface area contributed by atoms with Crippen molar-refractivity contribution in [1.82, 2.24) is 14.9 Å². The van der Waals surface area contributed by atoms with Gasteiger partial charge in [0.2, 0.25) is 5.88 Å². The third-order valence-corrected chi connectivity index (χ3v) is 6.73. The first-order valence-electron chi connectivity index (χ1n) is 12.8. The molecular formula is C30H34N4O2. The van der Waals surface area contributed by atoms with Crippen molar-refractivity contribution in [2.75, 3.05) is 51.3 Å². The van der Waals surface area contributed by atoms with Gasteiger partial charge in [-0.2, -0.15) is 4.98 Å². The molecule has 1 fully saturated rings. The van der Waals surface area contributed by atoms with Crippen molar-refractivity contribution in [2.24, 2.45) is 0 Å². The van der Waals surface area contributed by atoms with Gasteiger partial charge in [-0.1, -0.05) is 54.6 Å². The van der Waals surface area contributed by atoms with E-state index in [1.807, 2.05) is 54.6 Å². The van der Waals surface area contributed by atoms with Crippen LogP contribution in [0.25, 0.3) is 10.9 Å². The lowest BCUT2D eigenvalue weighted by Crippen LogP contribution is -2.46. The summed E-state index contributed by atoms with van der Waals surface area (Å²) in [4.78, 5) is 14.5. The Balaban J connectivity index is 1.11. The van der Waals surface area contributed by atoms with E-state index < -0.39 is 0 Å². The van der Waals surface area contributed by atoms with Crippen molar-refractivity contribution in [1.29, 1.82) is 0 Å². The molecule has 0 atom stereocenters. The molecule has 6 heteroatoms. The van der Waals surface area contributed by atoms with Gasteiger partial charge in [-0.15, -0.1) is 0 Å². The number of para-hydroxylation sites is 3. The first-order valence-corrected chi connectivity index (χ1v) is 12.8. The van der Waals surface area contributed by atoms with E-state index in [4.69, 9.17) is 19.4 Å². The van der Waals surface area contributed by atoms with Gasteiger partial charge in [-0.3, -0.25) is 4.90 Å². The summed E-state index contributed by atoms with van der Waals surface area (Å²) in [5, 5.41) is 0.974. The highest BCUT2D eigenvalue weighted by molar-refractivity contribution is 5.83. The van der Waals surface area contributed by atoms with E-state index in [0.717, 1.165) is 68.0 Å². The van der Waals surface area contributed by atoms with E-state index in [-0.39, 0.29) is 0 Å². The van der Waals surface area contributed by atoms with Crippen molar-refractivity contribution in [3.63, 3.8) is 0 Å². The second kappa shape index (κ2) is 11.9. The van der Waals surface area contributed by atoms with Crippen LogP contribution in [0.15, 0.2) is 78.9 Å². The standard InChI is InChI=1S/C30H34N4O2/c1-35-28-16-8-7-15-27(28)34-20-18-33(19-21-34)17-9-10-22-36-30-25-13-5-6-14-26(25)31-29(32-30)23-24-11-3-2-4-12-24/h2-8,11-16H,9-10,17-23H2,1H3. The number of aromatic nitrogens is 2. The maximum Gasteiger partial charge on any atom is 0.224 e. The molecule has 0 saturated carbocycles. The van der Waals surface area contributed by atoms with Crippen LogP contribution in [0, 0.1) is 0 Å². The summed E-state index contributed by atoms with van der Waals surface area (Å²) < 4.78 is 11.7. The smallest absolute Gasteiger partial charge is 0.224 e. The van der Waals surface area contributed by atoms with E-state index in [2.05, 4.69) is 34.1 Å². The molecule has 0 amide bonds. The quantitative estimate of drug-likeness (QED) is 0.289. The van der Waals surface area contributed by atoms with E-state index >= 15 is 0 Å². The van der Waals surface area contributed by atoms with Crippen molar-refractivity contribution in [2.45, 2.75) is 19.3 Å². The van der Waals surface area contributed by atoms with Crippen LogP contribution in [-0.4, -0.2) is 61.3 Å². The summed E-state index contributed by atoms with van der Waals surface area (Å²) in [7, 11) is 1.74. The normalized spacial score (nSPS) is 14.2. The summed E-state index contributed by atoms with van der Waals surface area (Å²) in [6.07, 6.45) is 2.80. The van der Waals surface area contributed by atoms with E-state index in [1.54, 1.807) is 7.11 Å². The van der Waals surface area contributed by atoms with Crippen LogP contribution in [0.3, 0.4) is 0 Å². The van der Waals surface area contributed by atoms with Crippen molar-refractivity contribution < 1.29 is 9.47 Å². The largest absolute Gasteiger partial charge is 0.495 e. The zero-order valence-electron chi connectivity index (χ0n) is 21.0. The fourth-order valence-corrected chi connectivity index (χ4v) is 4.77. The zero-order valence-corrected chi connectivity index (χ0v) is 21.0. The molecule has 0 aliphatic carbocycles. The monoisotopic (exact) mass is 482 g/mol. The molecule has 0 unspecified atom stereocenters. The molecular weight excluding hydrogens is 448 g/mol. The minimum atomic E-state index is 0.660. The Hall–Kier alpha value is -3.64. The van der Waals surface area contributed by atoms with Crippen LogP contribution in [0.4, 0.5) is 5.69 Å². The molecule has 186 valence electrons. The SMILES string of the molecule is COc1ccccc1N1CCN(CCCCOc2nc(Cc3ccccc3)nc3ccccc23)CC1. The van der Waals surface area contributed by atoms with Crippen molar-refractivity contribution >= 4 is 16.6 Å². The Kier molecular flexibility index (Phi) is 7.93. The molecule has 0 N–H and O–H groups in total. The van der Waals surface area contributed by atoms with Gasteiger partial charge >= 0.3 is 0 Å². The second-order valence-corrected chi connectivity index (χ2v) is 9.18. The number of anilines is 1. The second-order valence-electron chi connectivity index (χ2n) is 9.18. The van der Waals surface area contributed by atoms with Crippen LogP contribution in [-0.2, 0) is 6.42 Å². The Morgan fingerprint density at radius 3 is 2.36 bits per heavy atom. The average molecular weight is 483 g/mol. The Labute approximate surface area is 213 Å². The molecule has 0 radical (unpaired) electrons. The third kappa shape index (κ3) is 5.94. The van der Waals surface area contributed by atoms with E-state index in [0.29, 0.717) is 18.9 Å². The minimum absolute atomic E-state index is 0.660. The highest BCUT2D eigenvalue weighted by Crippen LogP contribution is 2.28. The number of fused-ring (bicyclic) bond motifs is 1. The lowest BCUT2D eigenvalue weighted by Gasteiger charge is -2.36. The van der Waals surface area contributed by atoms with Gasteiger partial charge in [-0.25, -0.2) is 4.98 Å². The first kappa shape index (κ1) is 24.1. The number of ether oxygens (including phenoxy) is 2. The third-order valence-electron chi connectivity index (χ3n) is 6.73. The van der Waals surface area contributed by atoms with Crippen LogP contribution in [0.2, 0.25) is 0 Å². The van der Waals surface area contributed by atoms with E-state index in [1.165, 1.54) is 11.3 Å². The maximum absolute atomic E-state index is 6.20. The number of unbranched alkanes of at least 4 members (excludes halogenated alkanes) is 1. The maximum atomic E-state index is 6.20. The fourth-order valence-electron chi connectivity index (χ4n) is 4.77. The predicted molar refractivity (Wildman–Crippen MR) is 145 cm³/mol. The molecule has 3 aromatic carbocycles. The lowest BCUT2D eigenvalue weighted by molar-refractivity contribution is 0.236. The van der Waals surface area contributed by atoms with Crippen molar-refractivity contribution in [3.05, 3.63) is 90.3 Å². The molecule has 1 aromatic heterocycles. The number of hydrogen-bond donors (Lipinski definition) is 0. The zero-order chi connectivity index (χ0) is 24.6. The van der Waals surface area contributed by atoms with Crippen molar-refractivity contribution in [3.8, 4) is 11.6 Å². The fraction of sp³-hybridized carbons (Fsp3) is 0.333. The summed E-state index contributed by atoms with van der Waals surface area (Å²) in [5.41, 5.74) is 3.32. The van der Waals surface area contributed by atoms with Gasteiger partial charge in [0.05, 0.1) is 30.3 Å². The van der Waals surface area contributed by atoms with Gasteiger partial charge in [0.1, 0.15) is 11.6 Å². The van der Waals surface area contributed by atoms with Gasteiger partial charge in [0, 0.05) is 32.6 Å². The summed E-state index contributed by atoms with van der Waals surface area (Å²) in [5.74, 6) is 2.44. The summed E-state index contributed by atoms with van der Waals surface area (Å²) in [6.45, 7) is 5.93. The van der Waals surface area contributed by atoms with Gasteiger partial charge < -0.3 is 14.4 Å².